The Morgan fingerprint density at radius 2 is 2.15 bits per heavy atom. The quantitative estimate of drug-likeness (QED) is 0.832. The molecule has 1 heterocycles. The van der Waals surface area contributed by atoms with Crippen LogP contribution in [0.2, 0.25) is 0 Å². The Bertz CT molecular complexity index is 494. The summed E-state index contributed by atoms with van der Waals surface area (Å²) in [5.41, 5.74) is 1.07. The lowest BCUT2D eigenvalue weighted by Gasteiger charge is -2.36. The third kappa shape index (κ3) is 3.33. The van der Waals surface area contributed by atoms with Crippen molar-refractivity contribution in [3.8, 4) is 5.75 Å². The smallest absolute Gasteiger partial charge is 0.120 e. The molecule has 20 heavy (non-hydrogen) atoms. The predicted molar refractivity (Wildman–Crippen MR) is 84.6 cm³/mol. The van der Waals surface area contributed by atoms with Gasteiger partial charge in [0, 0.05) is 53.7 Å². The minimum Gasteiger partial charge on any atom is -0.497 e. The van der Waals surface area contributed by atoms with Crippen LogP contribution in [0.5, 0.6) is 5.75 Å². The van der Waals surface area contributed by atoms with Crippen LogP contribution in [0.3, 0.4) is 0 Å². The summed E-state index contributed by atoms with van der Waals surface area (Å²) in [5, 5.41) is 0. The number of nitrogens with zero attached hydrogens (tertiary/aromatic N) is 2. The van der Waals surface area contributed by atoms with E-state index in [4.69, 9.17) is 4.74 Å². The summed E-state index contributed by atoms with van der Waals surface area (Å²) in [5.74, 6) is 3.27. The van der Waals surface area contributed by atoms with Crippen molar-refractivity contribution in [3.05, 3.63) is 36.7 Å². The number of anilines is 1. The summed E-state index contributed by atoms with van der Waals surface area (Å²) in [7, 11) is 1.01. The van der Waals surface area contributed by atoms with Crippen molar-refractivity contribution in [3.63, 3.8) is 0 Å². The van der Waals surface area contributed by atoms with Crippen molar-refractivity contribution in [1.29, 1.82) is 0 Å². The summed E-state index contributed by atoms with van der Waals surface area (Å²) < 4.78 is 16.7. The van der Waals surface area contributed by atoms with Gasteiger partial charge in [-0.25, -0.2) is 0 Å². The fourth-order valence-electron chi connectivity index (χ4n) is 2.36. The van der Waals surface area contributed by atoms with Crippen molar-refractivity contribution >= 4 is 16.5 Å². The highest BCUT2D eigenvalue weighted by atomic mass is 32.2. The zero-order valence-electron chi connectivity index (χ0n) is 12.2. The molecule has 1 aromatic rings. The Balaban J connectivity index is 2.14. The van der Waals surface area contributed by atoms with Gasteiger partial charge in [0.25, 0.3) is 0 Å². The maximum atomic E-state index is 11.4. The van der Waals surface area contributed by atoms with Gasteiger partial charge >= 0.3 is 0 Å². The van der Waals surface area contributed by atoms with E-state index in [1.165, 1.54) is 0 Å². The lowest BCUT2D eigenvalue weighted by molar-refractivity contribution is 0.365. The molecule has 110 valence electrons. The maximum Gasteiger partial charge on any atom is 0.120 e. The maximum absolute atomic E-state index is 11.4. The first-order chi connectivity index (χ1) is 9.65. The molecule has 1 aliphatic heterocycles. The van der Waals surface area contributed by atoms with Gasteiger partial charge in [0.15, 0.2) is 0 Å². The first-order valence-corrected chi connectivity index (χ1v) is 8.35. The van der Waals surface area contributed by atoms with Crippen LogP contribution in [0.1, 0.15) is 6.92 Å². The summed E-state index contributed by atoms with van der Waals surface area (Å²) in [6.07, 6.45) is 0. The largest absolute Gasteiger partial charge is 0.497 e. The third-order valence-corrected chi connectivity index (χ3v) is 4.81. The molecule has 0 aromatic heterocycles. The van der Waals surface area contributed by atoms with Crippen LogP contribution in [-0.4, -0.2) is 47.4 Å². The highest BCUT2D eigenvalue weighted by molar-refractivity contribution is 7.85. The first-order valence-electron chi connectivity index (χ1n) is 6.86. The second kappa shape index (κ2) is 6.79. The van der Waals surface area contributed by atoms with E-state index in [-0.39, 0.29) is 0 Å². The molecule has 5 heteroatoms. The van der Waals surface area contributed by atoms with Gasteiger partial charge in [-0.1, -0.05) is 12.6 Å². The van der Waals surface area contributed by atoms with E-state index >= 15 is 0 Å². The number of benzene rings is 1. The Labute approximate surface area is 123 Å². The van der Waals surface area contributed by atoms with Crippen molar-refractivity contribution in [2.75, 3.05) is 43.1 Å². The lowest BCUT2D eigenvalue weighted by atomic mass is 10.2. The fraction of sp³-hybridized carbons (Fsp3) is 0.467. The molecule has 0 atom stereocenters. The minimum absolute atomic E-state index is 0.663. The Kier molecular flexibility index (Phi) is 5.06. The summed E-state index contributed by atoms with van der Waals surface area (Å²) in [4.78, 5) is 4.38. The lowest BCUT2D eigenvalue weighted by Crippen LogP contribution is -2.42. The van der Waals surface area contributed by atoms with E-state index in [0.29, 0.717) is 0 Å². The molecule has 0 saturated carbocycles. The molecule has 0 N–H and O–H groups in total. The van der Waals surface area contributed by atoms with E-state index in [9.17, 15) is 4.21 Å². The van der Waals surface area contributed by atoms with Crippen molar-refractivity contribution < 1.29 is 8.95 Å². The second-order valence-electron chi connectivity index (χ2n) is 4.70. The van der Waals surface area contributed by atoms with Crippen LogP contribution in [0.15, 0.2) is 36.7 Å². The van der Waals surface area contributed by atoms with Crippen molar-refractivity contribution in [1.82, 2.24) is 4.90 Å². The van der Waals surface area contributed by atoms with Crippen LogP contribution in [-0.2, 0) is 10.8 Å². The molecule has 0 radical (unpaired) electrons. The molecule has 1 aliphatic rings. The third-order valence-electron chi connectivity index (χ3n) is 3.54. The Hall–Kier alpha value is -1.49. The van der Waals surface area contributed by atoms with E-state index in [1.54, 1.807) is 7.11 Å². The number of methoxy groups -OCH3 is 1. The molecule has 0 unspecified atom stereocenters. The molecule has 1 aromatic carbocycles. The van der Waals surface area contributed by atoms with Gasteiger partial charge in [0.1, 0.15) is 11.6 Å². The standard InChI is InChI=1S/C15H22N2O2S/c1-4-17(14-6-5-7-15(12-14)19-3)13(2)16-8-10-20(18)11-9-16/h5-7,12H,2,4,8-11H2,1,3H3. The summed E-state index contributed by atoms with van der Waals surface area (Å²) in [6.45, 7) is 8.78. The average Bonchev–Trinajstić information content (AvgIpc) is 2.49. The fourth-order valence-corrected chi connectivity index (χ4v) is 3.41. The van der Waals surface area contributed by atoms with E-state index in [1.807, 2.05) is 18.2 Å². The molecule has 0 spiro atoms. The topological polar surface area (TPSA) is 32.8 Å². The van der Waals surface area contributed by atoms with Gasteiger partial charge in [-0.2, -0.15) is 0 Å². The average molecular weight is 294 g/mol. The minimum atomic E-state index is -0.663. The highest BCUT2D eigenvalue weighted by Crippen LogP contribution is 2.25. The van der Waals surface area contributed by atoms with Gasteiger partial charge < -0.3 is 14.5 Å². The molecule has 1 saturated heterocycles. The molecule has 4 nitrogen and oxygen atoms in total. The summed E-state index contributed by atoms with van der Waals surface area (Å²) in [6, 6.07) is 7.98. The van der Waals surface area contributed by atoms with Gasteiger partial charge in [-0.05, 0) is 19.1 Å². The molecule has 1 fully saturated rings. The first kappa shape index (κ1) is 14.9. The number of hydrogen-bond acceptors (Lipinski definition) is 4. The highest BCUT2D eigenvalue weighted by Gasteiger charge is 2.20. The van der Waals surface area contributed by atoms with Crippen LogP contribution >= 0.6 is 0 Å². The monoisotopic (exact) mass is 294 g/mol. The number of hydrogen-bond donors (Lipinski definition) is 0. The van der Waals surface area contributed by atoms with Gasteiger partial charge in [-0.3, -0.25) is 4.21 Å². The predicted octanol–water partition coefficient (Wildman–Crippen LogP) is 2.06. The SMILES string of the molecule is C=C(N1CCS(=O)CC1)N(CC)c1cccc(OC)c1. The molecular formula is C15H22N2O2S. The second-order valence-corrected chi connectivity index (χ2v) is 6.39. The number of rotatable bonds is 5. The van der Waals surface area contributed by atoms with Crippen LogP contribution in [0, 0.1) is 0 Å². The van der Waals surface area contributed by atoms with Crippen molar-refractivity contribution in [2.45, 2.75) is 6.92 Å². The van der Waals surface area contributed by atoms with E-state index in [2.05, 4.69) is 29.4 Å². The van der Waals surface area contributed by atoms with E-state index < -0.39 is 10.8 Å². The zero-order valence-corrected chi connectivity index (χ0v) is 13.0. The number of ether oxygens (including phenoxy) is 1. The molecule has 0 bridgehead atoms. The van der Waals surface area contributed by atoms with Crippen molar-refractivity contribution in [2.24, 2.45) is 0 Å². The van der Waals surface area contributed by atoms with Crippen LogP contribution in [0.4, 0.5) is 5.69 Å². The molecule has 0 aliphatic carbocycles. The zero-order chi connectivity index (χ0) is 14.5. The van der Waals surface area contributed by atoms with Crippen LogP contribution in [0.25, 0.3) is 0 Å². The Morgan fingerprint density at radius 1 is 1.45 bits per heavy atom. The van der Waals surface area contributed by atoms with Gasteiger partial charge in [-0.15, -0.1) is 0 Å². The van der Waals surface area contributed by atoms with Gasteiger partial charge in [0.2, 0.25) is 0 Å². The molecule has 0 amide bonds. The molecular weight excluding hydrogens is 272 g/mol. The van der Waals surface area contributed by atoms with Gasteiger partial charge in [0.05, 0.1) is 7.11 Å². The van der Waals surface area contributed by atoms with Crippen LogP contribution < -0.4 is 9.64 Å². The molecule has 2 rings (SSSR count). The summed E-state index contributed by atoms with van der Waals surface area (Å²) >= 11 is 0. The van der Waals surface area contributed by atoms with E-state index in [0.717, 1.165) is 48.4 Å². The Morgan fingerprint density at radius 3 is 2.75 bits per heavy atom. The normalized spacial score (nSPS) is 16.0.